The van der Waals surface area contributed by atoms with E-state index >= 15 is 0 Å². The summed E-state index contributed by atoms with van der Waals surface area (Å²) < 4.78 is 68.2. The molecule has 0 amide bonds. The van der Waals surface area contributed by atoms with E-state index < -0.39 is 12.1 Å². The van der Waals surface area contributed by atoms with Crippen molar-refractivity contribution in [3.63, 3.8) is 0 Å². The summed E-state index contributed by atoms with van der Waals surface area (Å²) in [5.41, 5.74) is 3.00. The minimum atomic E-state index is -5.19. The van der Waals surface area contributed by atoms with Crippen LogP contribution >= 0.6 is 0 Å². The molecule has 1 aliphatic heterocycles. The SMILES string of the molecule is COc1cc2cc3[n+](c(-c4cc(OC)c(OC)c(OC)c4)c2cc1OC)[C@H](c1ccccc1)CO3.O=C([O-])C(F)(F)F. The number of aromatic nitrogens is 1. The monoisotopic (exact) mass is 587 g/mol. The van der Waals surface area contributed by atoms with E-state index in [2.05, 4.69) is 16.7 Å². The molecule has 0 saturated carbocycles. The lowest BCUT2D eigenvalue weighted by Crippen LogP contribution is -2.39. The normalized spacial score (nSPS) is 13.8. The van der Waals surface area contributed by atoms with Gasteiger partial charge in [-0.25, -0.2) is 0 Å². The molecule has 9 nitrogen and oxygen atoms in total. The number of carboxylic acid groups (broad SMARTS) is 1. The summed E-state index contributed by atoms with van der Waals surface area (Å²) in [6.45, 7) is 0.520. The second kappa shape index (κ2) is 12.3. The van der Waals surface area contributed by atoms with Gasteiger partial charge in [0.2, 0.25) is 17.5 Å². The largest absolute Gasteiger partial charge is 0.542 e. The van der Waals surface area contributed by atoms with Crippen LogP contribution in [0.4, 0.5) is 13.2 Å². The third-order valence-corrected chi connectivity index (χ3v) is 6.62. The van der Waals surface area contributed by atoms with E-state index in [1.54, 1.807) is 35.5 Å². The molecule has 0 N–H and O–H groups in total. The molecule has 0 saturated heterocycles. The first kappa shape index (κ1) is 30.1. The second-order valence-electron chi connectivity index (χ2n) is 8.93. The molecule has 1 aromatic heterocycles. The van der Waals surface area contributed by atoms with Gasteiger partial charge in [-0.05, 0) is 24.3 Å². The summed E-state index contributed by atoms with van der Waals surface area (Å²) >= 11 is 0. The number of ether oxygens (including phenoxy) is 6. The molecule has 12 heteroatoms. The zero-order chi connectivity index (χ0) is 30.6. The van der Waals surface area contributed by atoms with Crippen molar-refractivity contribution < 1.29 is 56.1 Å². The van der Waals surface area contributed by atoms with Gasteiger partial charge in [0.15, 0.2) is 29.6 Å². The Morgan fingerprint density at radius 1 is 0.833 bits per heavy atom. The van der Waals surface area contributed by atoms with E-state index in [1.807, 2.05) is 48.5 Å². The Balaban J connectivity index is 0.000000517. The molecule has 0 aliphatic carbocycles. The van der Waals surface area contributed by atoms with Crippen molar-refractivity contribution in [2.45, 2.75) is 12.2 Å². The van der Waals surface area contributed by atoms with Crippen LogP contribution in [0.5, 0.6) is 34.6 Å². The molecule has 0 spiro atoms. The molecule has 1 atom stereocenters. The molecule has 1 aliphatic rings. The average molecular weight is 588 g/mol. The second-order valence-corrected chi connectivity index (χ2v) is 8.93. The number of fused-ring (bicyclic) bond motifs is 2. The highest BCUT2D eigenvalue weighted by atomic mass is 19.4. The zero-order valence-electron chi connectivity index (χ0n) is 23.4. The Bertz CT molecular complexity index is 1570. The number of aliphatic carboxylic acids is 1. The van der Waals surface area contributed by atoms with E-state index in [4.69, 9.17) is 38.3 Å². The number of benzene rings is 3. The Hall–Kier alpha value is -4.87. The predicted octanol–water partition coefficient (Wildman–Crippen LogP) is 4.12. The summed E-state index contributed by atoms with van der Waals surface area (Å²) in [5.74, 6) is 0.737. The van der Waals surface area contributed by atoms with E-state index in [-0.39, 0.29) is 6.04 Å². The van der Waals surface area contributed by atoms with E-state index in [0.717, 1.165) is 33.5 Å². The predicted molar refractivity (Wildman–Crippen MR) is 143 cm³/mol. The maximum absolute atomic E-state index is 10.5. The molecule has 0 unspecified atom stereocenters. The molecule has 0 bridgehead atoms. The Morgan fingerprint density at radius 3 is 1.88 bits per heavy atom. The maximum atomic E-state index is 10.5. The van der Waals surface area contributed by atoms with Gasteiger partial charge < -0.3 is 38.3 Å². The molecule has 2 heterocycles. The lowest BCUT2D eigenvalue weighted by atomic mass is 9.99. The lowest BCUT2D eigenvalue weighted by Gasteiger charge is -2.16. The minimum absolute atomic E-state index is 0.0159. The van der Waals surface area contributed by atoms with Crippen LogP contribution in [0.1, 0.15) is 11.6 Å². The van der Waals surface area contributed by atoms with Crippen LogP contribution in [0.3, 0.4) is 0 Å². The van der Waals surface area contributed by atoms with Crippen LogP contribution < -0.4 is 38.1 Å². The van der Waals surface area contributed by atoms with Gasteiger partial charge in [-0.1, -0.05) is 30.3 Å². The number of halogens is 3. The highest BCUT2D eigenvalue weighted by Gasteiger charge is 2.39. The van der Waals surface area contributed by atoms with Crippen molar-refractivity contribution >= 4 is 16.7 Å². The van der Waals surface area contributed by atoms with Gasteiger partial charge in [-0.3, -0.25) is 0 Å². The number of methoxy groups -OCH3 is 5. The molecule has 222 valence electrons. The number of carboxylic acids is 1. The number of alkyl halides is 3. The van der Waals surface area contributed by atoms with Gasteiger partial charge in [-0.2, -0.15) is 13.2 Å². The standard InChI is InChI=1S/C28H28NO6.C2HF3O2/c1-30-22-11-18-14-26-29(21(16-35-26)17-9-7-6-8-10-17)27(20(18)15-23(22)31-2)19-12-24(32-3)28(34-5)25(13-19)33-4;3-2(4,5)1(6)7/h6-15,21H,16H2,1-5H3;(H,6,7)/q+1;/p-1/t21-;/m0./s1. The summed E-state index contributed by atoms with van der Waals surface area (Å²) in [7, 11) is 8.10. The zero-order valence-corrected chi connectivity index (χ0v) is 23.4. The lowest BCUT2D eigenvalue weighted by molar-refractivity contribution is -0.684. The molecule has 0 radical (unpaired) electrons. The Labute approximate surface area is 239 Å². The molecule has 5 rings (SSSR count). The molecule has 4 aromatic rings. The van der Waals surface area contributed by atoms with Crippen LogP contribution in [-0.2, 0) is 4.79 Å². The number of pyridine rings is 1. The number of hydrogen-bond acceptors (Lipinski definition) is 8. The first-order valence-corrected chi connectivity index (χ1v) is 12.5. The average Bonchev–Trinajstić information content (AvgIpc) is 3.41. The van der Waals surface area contributed by atoms with Crippen LogP contribution in [0.15, 0.2) is 60.7 Å². The van der Waals surface area contributed by atoms with Gasteiger partial charge in [0.25, 0.3) is 0 Å². The molecule has 0 fully saturated rings. The van der Waals surface area contributed by atoms with Gasteiger partial charge in [0.1, 0.15) is 5.97 Å². The van der Waals surface area contributed by atoms with Crippen molar-refractivity contribution in [2.75, 3.05) is 42.2 Å². The molecular formula is C30H28F3NO8. The highest BCUT2D eigenvalue weighted by Crippen LogP contribution is 2.45. The van der Waals surface area contributed by atoms with Gasteiger partial charge >= 0.3 is 12.1 Å². The van der Waals surface area contributed by atoms with Gasteiger partial charge in [0, 0.05) is 10.9 Å². The topological polar surface area (TPSA) is 99.4 Å². The van der Waals surface area contributed by atoms with Crippen molar-refractivity contribution in [3.8, 4) is 45.9 Å². The van der Waals surface area contributed by atoms with Crippen LogP contribution in [0, 0.1) is 0 Å². The number of carbonyl (C=O) groups is 1. The van der Waals surface area contributed by atoms with Crippen molar-refractivity contribution in [1.29, 1.82) is 0 Å². The summed E-state index contributed by atoms with van der Waals surface area (Å²) in [6, 6.07) is 20.3. The van der Waals surface area contributed by atoms with E-state index in [0.29, 0.717) is 35.4 Å². The van der Waals surface area contributed by atoms with Crippen molar-refractivity contribution in [3.05, 3.63) is 66.2 Å². The summed E-state index contributed by atoms with van der Waals surface area (Å²) in [5, 5.41) is 10.7. The van der Waals surface area contributed by atoms with Crippen LogP contribution in [0.25, 0.3) is 22.0 Å². The Kier molecular flexibility index (Phi) is 8.84. The van der Waals surface area contributed by atoms with E-state index in [9.17, 15) is 13.2 Å². The number of rotatable bonds is 7. The first-order chi connectivity index (χ1) is 20.1. The summed E-state index contributed by atoms with van der Waals surface area (Å²) in [6.07, 6.45) is -5.19. The maximum Gasteiger partial charge on any atom is 0.430 e. The molecule has 3 aromatic carbocycles. The fourth-order valence-corrected chi connectivity index (χ4v) is 4.75. The van der Waals surface area contributed by atoms with Gasteiger partial charge in [-0.15, -0.1) is 4.57 Å². The number of hydrogen-bond donors (Lipinski definition) is 0. The molecule has 42 heavy (non-hydrogen) atoms. The third kappa shape index (κ3) is 5.78. The third-order valence-electron chi connectivity index (χ3n) is 6.62. The van der Waals surface area contributed by atoms with Crippen LogP contribution in [0.2, 0.25) is 0 Å². The Morgan fingerprint density at radius 2 is 1.38 bits per heavy atom. The fraction of sp³-hybridized carbons (Fsp3) is 0.267. The van der Waals surface area contributed by atoms with Crippen molar-refractivity contribution in [1.82, 2.24) is 0 Å². The fourth-order valence-electron chi connectivity index (χ4n) is 4.75. The van der Waals surface area contributed by atoms with Crippen molar-refractivity contribution in [2.24, 2.45) is 0 Å². The molecular weight excluding hydrogens is 559 g/mol. The van der Waals surface area contributed by atoms with E-state index in [1.165, 1.54) is 0 Å². The minimum Gasteiger partial charge on any atom is -0.542 e. The van der Waals surface area contributed by atoms with Gasteiger partial charge in [0.05, 0.1) is 52.6 Å². The highest BCUT2D eigenvalue weighted by molar-refractivity contribution is 5.96. The quantitative estimate of drug-likeness (QED) is 0.298. The number of nitrogens with zero attached hydrogens (tertiary/aromatic N) is 1. The number of carbonyl (C=O) groups excluding carboxylic acids is 1. The first-order valence-electron chi connectivity index (χ1n) is 12.5. The summed E-state index contributed by atoms with van der Waals surface area (Å²) in [4.78, 5) is 8.78. The smallest absolute Gasteiger partial charge is 0.430 e. The van der Waals surface area contributed by atoms with Crippen LogP contribution in [-0.4, -0.2) is 54.3 Å².